The lowest BCUT2D eigenvalue weighted by Gasteiger charge is -2.03. The zero-order valence-electron chi connectivity index (χ0n) is 11.0. The fourth-order valence-electron chi connectivity index (χ4n) is 1.30. The lowest BCUT2D eigenvalue weighted by Crippen LogP contribution is -2.17. The standard InChI is InChI=1S/C13H14FN3O2S/c1-7(2)11(18)17-13-16-10(15)12(20-13)19-9-5-3-8(14)4-6-9/h3-7H,15H2,1-2H3,(H,16,17,18). The van der Waals surface area contributed by atoms with Crippen LogP contribution < -0.4 is 15.8 Å². The maximum Gasteiger partial charge on any atom is 0.228 e. The third kappa shape index (κ3) is 3.45. The summed E-state index contributed by atoms with van der Waals surface area (Å²) in [4.78, 5) is 15.6. The van der Waals surface area contributed by atoms with Gasteiger partial charge in [-0.25, -0.2) is 4.39 Å². The first kappa shape index (κ1) is 14.3. The number of nitrogens with one attached hydrogen (secondary N) is 1. The van der Waals surface area contributed by atoms with E-state index in [0.29, 0.717) is 15.9 Å². The summed E-state index contributed by atoms with van der Waals surface area (Å²) in [6.45, 7) is 3.56. The van der Waals surface area contributed by atoms with E-state index in [4.69, 9.17) is 10.5 Å². The smallest absolute Gasteiger partial charge is 0.228 e. The number of nitrogens with zero attached hydrogens (tertiary/aromatic N) is 1. The molecule has 20 heavy (non-hydrogen) atoms. The van der Waals surface area contributed by atoms with Gasteiger partial charge in [0.05, 0.1) is 0 Å². The quantitative estimate of drug-likeness (QED) is 0.907. The first-order valence-electron chi connectivity index (χ1n) is 5.96. The summed E-state index contributed by atoms with van der Waals surface area (Å²) < 4.78 is 18.3. The number of amides is 1. The van der Waals surface area contributed by atoms with Gasteiger partial charge < -0.3 is 15.8 Å². The van der Waals surface area contributed by atoms with E-state index < -0.39 is 0 Å². The molecule has 106 valence electrons. The molecule has 0 aliphatic heterocycles. The topological polar surface area (TPSA) is 77.2 Å². The Hall–Kier alpha value is -2.15. The number of ether oxygens (including phenoxy) is 1. The van der Waals surface area contributed by atoms with Gasteiger partial charge >= 0.3 is 0 Å². The number of nitrogens with two attached hydrogens (primary N) is 1. The second-order valence-electron chi connectivity index (χ2n) is 4.39. The first-order valence-corrected chi connectivity index (χ1v) is 6.78. The van der Waals surface area contributed by atoms with Crippen LogP contribution in [-0.4, -0.2) is 10.9 Å². The molecule has 0 aliphatic rings. The minimum Gasteiger partial charge on any atom is -0.443 e. The summed E-state index contributed by atoms with van der Waals surface area (Å²) in [5.41, 5.74) is 5.72. The van der Waals surface area contributed by atoms with E-state index in [1.807, 2.05) is 0 Å². The zero-order valence-corrected chi connectivity index (χ0v) is 11.8. The van der Waals surface area contributed by atoms with Crippen molar-refractivity contribution >= 4 is 28.2 Å². The summed E-state index contributed by atoms with van der Waals surface area (Å²) in [6, 6.07) is 5.55. The molecule has 0 saturated heterocycles. The van der Waals surface area contributed by atoms with Crippen LogP contribution in [0.15, 0.2) is 24.3 Å². The van der Waals surface area contributed by atoms with Crippen molar-refractivity contribution < 1.29 is 13.9 Å². The molecule has 1 heterocycles. The number of thiazole rings is 1. The van der Waals surface area contributed by atoms with Crippen LogP contribution in [0, 0.1) is 11.7 Å². The first-order chi connectivity index (χ1) is 9.45. The number of carbonyl (C=O) groups excluding carboxylic acids is 1. The number of carbonyl (C=O) groups is 1. The number of hydrogen-bond donors (Lipinski definition) is 2. The number of aromatic nitrogens is 1. The molecule has 0 radical (unpaired) electrons. The molecule has 0 atom stereocenters. The normalized spacial score (nSPS) is 10.6. The molecule has 1 amide bonds. The maximum atomic E-state index is 12.8. The summed E-state index contributed by atoms with van der Waals surface area (Å²) in [6.07, 6.45) is 0. The molecule has 0 bridgehead atoms. The highest BCUT2D eigenvalue weighted by Gasteiger charge is 2.14. The second-order valence-corrected chi connectivity index (χ2v) is 5.35. The molecule has 2 aromatic rings. The number of rotatable bonds is 4. The molecule has 3 N–H and O–H groups in total. The molecule has 0 spiro atoms. The highest BCUT2D eigenvalue weighted by Crippen LogP contribution is 2.36. The van der Waals surface area contributed by atoms with Crippen LogP contribution in [-0.2, 0) is 4.79 Å². The Kier molecular flexibility index (Phi) is 4.19. The Morgan fingerprint density at radius 2 is 2.05 bits per heavy atom. The van der Waals surface area contributed by atoms with Gasteiger partial charge in [0.15, 0.2) is 10.9 Å². The van der Waals surface area contributed by atoms with E-state index >= 15 is 0 Å². The average Bonchev–Trinajstić information content (AvgIpc) is 2.72. The van der Waals surface area contributed by atoms with Gasteiger partial charge in [0.2, 0.25) is 11.0 Å². The molecule has 7 heteroatoms. The lowest BCUT2D eigenvalue weighted by molar-refractivity contribution is -0.118. The predicted octanol–water partition coefficient (Wildman–Crippen LogP) is 3.25. The van der Waals surface area contributed by atoms with Gasteiger partial charge in [0.1, 0.15) is 11.6 Å². The summed E-state index contributed by atoms with van der Waals surface area (Å²) >= 11 is 1.12. The van der Waals surface area contributed by atoms with Crippen molar-refractivity contribution in [3.63, 3.8) is 0 Å². The third-order valence-corrected chi connectivity index (χ3v) is 3.26. The predicted molar refractivity (Wildman–Crippen MR) is 76.5 cm³/mol. The highest BCUT2D eigenvalue weighted by molar-refractivity contribution is 7.18. The SMILES string of the molecule is CC(C)C(=O)Nc1nc(N)c(Oc2ccc(F)cc2)s1. The number of halogens is 1. The van der Waals surface area contributed by atoms with Crippen LogP contribution in [0.25, 0.3) is 0 Å². The van der Waals surface area contributed by atoms with Crippen LogP contribution in [0.5, 0.6) is 10.8 Å². The van der Waals surface area contributed by atoms with Gasteiger partial charge in [-0.05, 0) is 24.3 Å². The Morgan fingerprint density at radius 1 is 1.40 bits per heavy atom. The van der Waals surface area contributed by atoms with Crippen molar-refractivity contribution in [3.8, 4) is 10.8 Å². The van der Waals surface area contributed by atoms with Gasteiger partial charge in [-0.1, -0.05) is 25.2 Å². The van der Waals surface area contributed by atoms with E-state index in [0.717, 1.165) is 11.3 Å². The minimum absolute atomic E-state index is 0.146. The van der Waals surface area contributed by atoms with Crippen LogP contribution in [0.2, 0.25) is 0 Å². The highest BCUT2D eigenvalue weighted by atomic mass is 32.1. The maximum absolute atomic E-state index is 12.8. The number of anilines is 2. The van der Waals surface area contributed by atoms with Crippen molar-refractivity contribution in [2.24, 2.45) is 5.92 Å². The van der Waals surface area contributed by atoms with Crippen molar-refractivity contribution in [1.82, 2.24) is 4.98 Å². The van der Waals surface area contributed by atoms with Gasteiger partial charge in [-0.2, -0.15) is 4.98 Å². The fourth-order valence-corrected chi connectivity index (χ4v) is 2.06. The van der Waals surface area contributed by atoms with Crippen LogP contribution in [0.1, 0.15) is 13.8 Å². The Morgan fingerprint density at radius 3 is 2.65 bits per heavy atom. The lowest BCUT2D eigenvalue weighted by atomic mass is 10.2. The van der Waals surface area contributed by atoms with Crippen molar-refractivity contribution in [3.05, 3.63) is 30.1 Å². The molecule has 0 aliphatic carbocycles. The van der Waals surface area contributed by atoms with Crippen molar-refractivity contribution in [2.45, 2.75) is 13.8 Å². The Balaban J connectivity index is 2.11. The van der Waals surface area contributed by atoms with E-state index in [1.54, 1.807) is 13.8 Å². The molecule has 0 unspecified atom stereocenters. The molecule has 1 aromatic carbocycles. The van der Waals surface area contributed by atoms with Crippen molar-refractivity contribution in [2.75, 3.05) is 11.1 Å². The molecule has 2 rings (SSSR count). The monoisotopic (exact) mass is 295 g/mol. The average molecular weight is 295 g/mol. The van der Waals surface area contributed by atoms with Gasteiger partial charge in [-0.15, -0.1) is 0 Å². The van der Waals surface area contributed by atoms with E-state index in [9.17, 15) is 9.18 Å². The third-order valence-electron chi connectivity index (χ3n) is 2.40. The number of benzene rings is 1. The molecule has 5 nitrogen and oxygen atoms in total. The van der Waals surface area contributed by atoms with Gasteiger partial charge in [-0.3, -0.25) is 4.79 Å². The second kappa shape index (κ2) is 5.87. The molecular formula is C13H14FN3O2S. The summed E-state index contributed by atoms with van der Waals surface area (Å²) in [5, 5.41) is 3.38. The van der Waals surface area contributed by atoms with E-state index in [1.165, 1.54) is 24.3 Å². The molecule has 0 saturated carbocycles. The van der Waals surface area contributed by atoms with Gasteiger partial charge in [0, 0.05) is 5.92 Å². The Labute approximate surface area is 119 Å². The molecule has 0 fully saturated rings. The van der Waals surface area contributed by atoms with E-state index in [2.05, 4.69) is 10.3 Å². The Bertz CT molecular complexity index is 611. The molecular weight excluding hydrogens is 281 g/mol. The largest absolute Gasteiger partial charge is 0.443 e. The van der Waals surface area contributed by atoms with Crippen LogP contribution >= 0.6 is 11.3 Å². The number of nitrogen functional groups attached to an aromatic ring is 1. The molecule has 1 aromatic heterocycles. The summed E-state index contributed by atoms with van der Waals surface area (Å²) in [7, 11) is 0. The van der Waals surface area contributed by atoms with Crippen molar-refractivity contribution in [1.29, 1.82) is 0 Å². The minimum atomic E-state index is -0.348. The number of hydrogen-bond acceptors (Lipinski definition) is 5. The van der Waals surface area contributed by atoms with Crippen LogP contribution in [0.4, 0.5) is 15.3 Å². The van der Waals surface area contributed by atoms with Gasteiger partial charge in [0.25, 0.3) is 0 Å². The van der Waals surface area contributed by atoms with E-state index in [-0.39, 0.29) is 23.5 Å². The fraction of sp³-hybridized carbons (Fsp3) is 0.231. The zero-order chi connectivity index (χ0) is 14.7. The van der Waals surface area contributed by atoms with Crippen LogP contribution in [0.3, 0.4) is 0 Å². The summed E-state index contributed by atoms with van der Waals surface area (Å²) in [5.74, 6) is -0.0185.